The number of aromatic nitrogens is 2. The number of nitrogens with two attached hydrogens (primary N) is 1. The van der Waals surface area contributed by atoms with Crippen LogP contribution in [0, 0.1) is 12.7 Å². The van der Waals surface area contributed by atoms with Crippen molar-refractivity contribution in [1.82, 2.24) is 14.5 Å². The number of hydrogen-bond donors (Lipinski definition) is 2. The molecule has 156 valence electrons. The van der Waals surface area contributed by atoms with Crippen molar-refractivity contribution in [2.75, 3.05) is 18.4 Å². The van der Waals surface area contributed by atoms with Crippen LogP contribution in [0.15, 0.2) is 48.5 Å². The number of nitrogens with zero attached hydrogens (tertiary/aromatic N) is 3. The molecule has 4 rings (SSSR count). The third-order valence-electron chi connectivity index (χ3n) is 5.61. The fourth-order valence-corrected chi connectivity index (χ4v) is 4.08. The van der Waals surface area contributed by atoms with Gasteiger partial charge in [0.15, 0.2) is 0 Å². The van der Waals surface area contributed by atoms with E-state index in [0.717, 1.165) is 34.2 Å². The monoisotopic (exact) mass is 407 g/mol. The molecular weight excluding hydrogens is 381 g/mol. The van der Waals surface area contributed by atoms with Gasteiger partial charge in [0.25, 0.3) is 0 Å². The molecule has 2 aromatic carbocycles. The minimum absolute atomic E-state index is 0.0383. The smallest absolute Gasteiger partial charge is 0.237 e. The zero-order valence-electron chi connectivity index (χ0n) is 17.4. The van der Waals surface area contributed by atoms with Gasteiger partial charge >= 0.3 is 0 Å². The molecule has 3 aromatic rings. The van der Waals surface area contributed by atoms with Crippen LogP contribution in [0.25, 0.3) is 11.3 Å². The number of amides is 1. The van der Waals surface area contributed by atoms with E-state index in [2.05, 4.69) is 16.0 Å². The van der Waals surface area contributed by atoms with Crippen molar-refractivity contribution in [1.29, 1.82) is 0 Å². The lowest BCUT2D eigenvalue weighted by molar-refractivity contribution is -0.137. The molecule has 0 fully saturated rings. The Bertz CT molecular complexity index is 1090. The highest BCUT2D eigenvalue weighted by atomic mass is 19.1. The average molecular weight is 407 g/mol. The zero-order valence-corrected chi connectivity index (χ0v) is 17.4. The quantitative estimate of drug-likeness (QED) is 0.690. The maximum Gasteiger partial charge on any atom is 0.237 e. The van der Waals surface area contributed by atoms with E-state index in [1.165, 1.54) is 12.1 Å². The van der Waals surface area contributed by atoms with E-state index in [-0.39, 0.29) is 18.3 Å². The van der Waals surface area contributed by atoms with E-state index in [0.29, 0.717) is 13.1 Å². The number of aryl methyl sites for hydroxylation is 1. The first-order valence-electron chi connectivity index (χ1n) is 10.0. The number of halogens is 1. The molecule has 6 nitrogen and oxygen atoms in total. The van der Waals surface area contributed by atoms with Crippen molar-refractivity contribution in [2.24, 2.45) is 5.73 Å². The van der Waals surface area contributed by atoms with Gasteiger partial charge in [0.05, 0.1) is 12.1 Å². The molecule has 30 heavy (non-hydrogen) atoms. The normalized spacial score (nSPS) is 15.0. The van der Waals surface area contributed by atoms with Crippen LogP contribution in [0.5, 0.6) is 0 Å². The predicted octanol–water partition coefficient (Wildman–Crippen LogP) is 3.78. The summed E-state index contributed by atoms with van der Waals surface area (Å²) >= 11 is 0. The third-order valence-corrected chi connectivity index (χ3v) is 5.61. The Morgan fingerprint density at radius 3 is 2.60 bits per heavy atom. The van der Waals surface area contributed by atoms with Crippen molar-refractivity contribution < 1.29 is 9.18 Å². The lowest BCUT2D eigenvalue weighted by atomic mass is 9.99. The maximum atomic E-state index is 13.5. The number of hydrogen-bond acceptors (Lipinski definition) is 4. The van der Waals surface area contributed by atoms with Gasteiger partial charge in [0.2, 0.25) is 5.91 Å². The minimum atomic E-state index is -0.629. The van der Waals surface area contributed by atoms with Crippen molar-refractivity contribution in [3.05, 3.63) is 65.7 Å². The molecule has 0 spiro atoms. The zero-order chi connectivity index (χ0) is 21.5. The number of carbonyl (C=O) groups excluding carboxylic acids is 1. The first-order chi connectivity index (χ1) is 14.3. The van der Waals surface area contributed by atoms with Gasteiger partial charge in [-0.1, -0.05) is 12.1 Å². The van der Waals surface area contributed by atoms with E-state index >= 15 is 0 Å². The Balaban J connectivity index is 1.86. The summed E-state index contributed by atoms with van der Waals surface area (Å²) in [7, 11) is 0. The Hall–Kier alpha value is -3.19. The molecule has 2 heterocycles. The van der Waals surface area contributed by atoms with E-state index in [9.17, 15) is 9.18 Å². The number of imidazole rings is 1. The first-order valence-corrected chi connectivity index (χ1v) is 10.0. The van der Waals surface area contributed by atoms with Gasteiger partial charge in [-0.2, -0.15) is 0 Å². The van der Waals surface area contributed by atoms with Gasteiger partial charge in [-0.05, 0) is 62.7 Å². The summed E-state index contributed by atoms with van der Waals surface area (Å²) < 4.78 is 15.6. The number of rotatable bonds is 4. The molecule has 0 atom stereocenters. The molecule has 1 aliphatic rings. The molecule has 7 heteroatoms. The summed E-state index contributed by atoms with van der Waals surface area (Å²) in [6.07, 6.45) is 0. The van der Waals surface area contributed by atoms with Crippen LogP contribution in [0.4, 0.5) is 15.9 Å². The van der Waals surface area contributed by atoms with Gasteiger partial charge in [-0.3, -0.25) is 4.79 Å². The average Bonchev–Trinajstić information content (AvgIpc) is 3.08. The fourth-order valence-electron chi connectivity index (χ4n) is 4.08. The number of anilines is 2. The van der Waals surface area contributed by atoms with Crippen LogP contribution in [0.2, 0.25) is 0 Å². The topological polar surface area (TPSA) is 76.2 Å². The molecular formula is C23H26FN5O. The van der Waals surface area contributed by atoms with Crippen molar-refractivity contribution in [3.8, 4) is 11.3 Å². The third kappa shape index (κ3) is 3.45. The lowest BCUT2D eigenvalue weighted by Gasteiger charge is -2.42. The summed E-state index contributed by atoms with van der Waals surface area (Å²) in [6, 6.07) is 14.4. The molecule has 0 saturated carbocycles. The van der Waals surface area contributed by atoms with E-state index in [1.807, 2.05) is 39.0 Å². The molecule has 0 radical (unpaired) electrons. The number of fused-ring (bicyclic) bond motifs is 1. The second-order valence-corrected chi connectivity index (χ2v) is 8.09. The Kier molecular flexibility index (Phi) is 5.07. The fraction of sp³-hybridized carbons (Fsp3) is 0.304. The standard InChI is InChI=1S/C23H26FN5O/c1-15-5-4-6-18(13-15)26-21-20(16-7-9-17(24)10-8-16)27-22-23(2,3)29(19(30)14-25)12-11-28(21)22/h4-10,13,26H,11-12,14,25H2,1-3H3. The van der Waals surface area contributed by atoms with E-state index < -0.39 is 5.54 Å². The largest absolute Gasteiger partial charge is 0.340 e. The van der Waals surface area contributed by atoms with Crippen LogP contribution >= 0.6 is 0 Å². The van der Waals surface area contributed by atoms with Gasteiger partial charge in [-0.25, -0.2) is 9.37 Å². The van der Waals surface area contributed by atoms with Crippen LogP contribution < -0.4 is 11.1 Å². The molecule has 1 aromatic heterocycles. The highest BCUT2D eigenvalue weighted by molar-refractivity contribution is 5.80. The summed E-state index contributed by atoms with van der Waals surface area (Å²) in [5.74, 6) is 1.20. The van der Waals surface area contributed by atoms with Crippen molar-refractivity contribution in [2.45, 2.75) is 32.9 Å². The van der Waals surface area contributed by atoms with Crippen LogP contribution in [0.3, 0.4) is 0 Å². The molecule has 0 aliphatic carbocycles. The summed E-state index contributed by atoms with van der Waals surface area (Å²) in [5, 5.41) is 3.51. The molecule has 1 amide bonds. The Labute approximate surface area is 175 Å². The summed E-state index contributed by atoms with van der Waals surface area (Å²) in [6.45, 7) is 7.08. The van der Waals surface area contributed by atoms with Crippen LogP contribution in [-0.4, -0.2) is 33.4 Å². The Morgan fingerprint density at radius 1 is 1.20 bits per heavy atom. The molecule has 0 bridgehead atoms. The van der Waals surface area contributed by atoms with Gasteiger partial charge in [0.1, 0.15) is 23.2 Å². The van der Waals surface area contributed by atoms with Gasteiger partial charge in [0, 0.05) is 24.3 Å². The molecule has 1 aliphatic heterocycles. The second-order valence-electron chi connectivity index (χ2n) is 8.09. The summed E-state index contributed by atoms with van der Waals surface area (Å²) in [5.41, 5.74) is 8.62. The number of carbonyl (C=O) groups is 1. The number of nitrogens with one attached hydrogen (secondary N) is 1. The highest BCUT2D eigenvalue weighted by Crippen LogP contribution is 2.39. The van der Waals surface area contributed by atoms with E-state index in [4.69, 9.17) is 10.7 Å². The highest BCUT2D eigenvalue weighted by Gasteiger charge is 2.41. The maximum absolute atomic E-state index is 13.5. The predicted molar refractivity (Wildman–Crippen MR) is 116 cm³/mol. The van der Waals surface area contributed by atoms with Crippen molar-refractivity contribution in [3.63, 3.8) is 0 Å². The second kappa shape index (κ2) is 7.57. The minimum Gasteiger partial charge on any atom is -0.340 e. The van der Waals surface area contributed by atoms with Crippen LogP contribution in [0.1, 0.15) is 25.2 Å². The van der Waals surface area contributed by atoms with Gasteiger partial charge < -0.3 is 20.5 Å². The van der Waals surface area contributed by atoms with Crippen LogP contribution in [-0.2, 0) is 16.9 Å². The van der Waals surface area contributed by atoms with E-state index in [1.54, 1.807) is 17.0 Å². The number of benzene rings is 2. The molecule has 3 N–H and O–H groups in total. The first kappa shape index (κ1) is 20.1. The van der Waals surface area contributed by atoms with Gasteiger partial charge in [-0.15, -0.1) is 0 Å². The molecule has 0 unspecified atom stereocenters. The summed E-state index contributed by atoms with van der Waals surface area (Å²) in [4.78, 5) is 19.1. The Morgan fingerprint density at radius 2 is 1.93 bits per heavy atom. The molecule has 0 saturated heterocycles. The lowest BCUT2D eigenvalue weighted by Crippen LogP contribution is -2.53. The van der Waals surface area contributed by atoms with Crippen molar-refractivity contribution >= 4 is 17.4 Å². The SMILES string of the molecule is Cc1cccc(Nc2c(-c3ccc(F)cc3)nc3n2CCN(C(=O)CN)C3(C)C)c1.